The summed E-state index contributed by atoms with van der Waals surface area (Å²) < 4.78 is -0.129. The first kappa shape index (κ1) is 6.53. The quantitative estimate of drug-likeness (QED) is 0.568. The van der Waals surface area contributed by atoms with E-state index in [0.717, 1.165) is 0 Å². The molecule has 0 fully saturated rings. The summed E-state index contributed by atoms with van der Waals surface area (Å²) in [5.74, 6) is 0. The number of carbonyl (C=O) groups excluding carboxylic acids is 1. The molecule has 9 heavy (non-hydrogen) atoms. The predicted molar refractivity (Wildman–Crippen MR) is 30.8 cm³/mol. The Bertz CT molecular complexity index is 205. The summed E-state index contributed by atoms with van der Waals surface area (Å²) in [5, 5.41) is 0. The average molecular weight is 161 g/mol. The van der Waals surface area contributed by atoms with Crippen LogP contribution in [0.15, 0.2) is 30.3 Å². The molecule has 1 aromatic carbocycles. The van der Waals surface area contributed by atoms with E-state index in [1.165, 1.54) is 0 Å². The molecule has 1 nitrogen and oxygen atoms in total. The van der Waals surface area contributed by atoms with Crippen molar-refractivity contribution in [3.05, 3.63) is 35.9 Å². The second kappa shape index (κ2) is 2.81. The summed E-state index contributed by atoms with van der Waals surface area (Å²) in [6, 6.07) is 8.99. The number of carbonyl (C=O) groups is 1. The molecule has 0 saturated carbocycles. The molecule has 0 radical (unpaired) electrons. The van der Waals surface area contributed by atoms with Crippen LogP contribution in [0.3, 0.4) is 0 Å². The summed E-state index contributed by atoms with van der Waals surface area (Å²) in [5.41, 5.74) is 0.664. The van der Waals surface area contributed by atoms with E-state index in [1.54, 1.807) is 12.1 Å². The third-order valence-electron chi connectivity index (χ3n) is 0.994. The molecule has 0 aliphatic heterocycles. The first-order valence-corrected chi connectivity index (χ1v) is 3.09. The zero-order chi connectivity index (χ0) is 6.69. The molecule has 0 aromatic heterocycles. The van der Waals surface area contributed by atoms with E-state index in [1.807, 2.05) is 18.2 Å². The van der Waals surface area contributed by atoms with Gasteiger partial charge in [0.15, 0.2) is 0 Å². The molecule has 0 N–H and O–H groups in total. The Labute approximate surface area is 61.9 Å². The van der Waals surface area contributed by atoms with Gasteiger partial charge in [-0.2, -0.15) is 0 Å². The molecule has 1 aromatic rings. The van der Waals surface area contributed by atoms with E-state index in [-0.39, 0.29) is 4.68 Å². The topological polar surface area (TPSA) is 17.1 Å². The van der Waals surface area contributed by atoms with Crippen LogP contribution < -0.4 is 0 Å². The molecule has 0 spiro atoms. The molecular formula is C7H5FeO. The average Bonchev–Trinajstić information content (AvgIpc) is 1.90. The van der Waals surface area contributed by atoms with E-state index in [2.05, 4.69) is 16.0 Å². The molecule has 2 heteroatoms. The van der Waals surface area contributed by atoms with Gasteiger partial charge in [-0.05, 0) is 0 Å². The molecular weight excluding hydrogens is 156 g/mol. The summed E-state index contributed by atoms with van der Waals surface area (Å²) in [4.78, 5) is 10.5. The number of rotatable bonds is 1. The molecule has 47 valence electrons. The normalized spacial score (nSPS) is 9.00. The van der Waals surface area contributed by atoms with Gasteiger partial charge in [0.1, 0.15) is 0 Å². The molecule has 0 atom stereocenters. The van der Waals surface area contributed by atoms with Crippen molar-refractivity contribution in [1.29, 1.82) is 0 Å². The number of benzene rings is 1. The molecule has 0 aliphatic carbocycles. The molecule has 0 amide bonds. The monoisotopic (exact) mass is 161 g/mol. The van der Waals surface area contributed by atoms with E-state index >= 15 is 0 Å². The second-order valence-electron chi connectivity index (χ2n) is 1.63. The minimum absolute atomic E-state index is 0.129. The third-order valence-corrected chi connectivity index (χ3v) is 1.31. The summed E-state index contributed by atoms with van der Waals surface area (Å²) >= 11 is 3.27. The number of hydrogen-bond donors (Lipinski definition) is 0. The van der Waals surface area contributed by atoms with Crippen molar-refractivity contribution in [3.63, 3.8) is 0 Å². The predicted octanol–water partition coefficient (Wildman–Crippen LogP) is 1.37. The SMILES string of the molecule is O=[C]([Fe])c1ccccc1. The Kier molecular flexibility index (Phi) is 2.04. The van der Waals surface area contributed by atoms with Crippen LogP contribution in [0.5, 0.6) is 0 Å². The van der Waals surface area contributed by atoms with Crippen molar-refractivity contribution < 1.29 is 20.8 Å². The van der Waals surface area contributed by atoms with Gasteiger partial charge in [-0.1, -0.05) is 0 Å². The van der Waals surface area contributed by atoms with Crippen molar-refractivity contribution in [2.75, 3.05) is 0 Å². The van der Waals surface area contributed by atoms with Crippen molar-refractivity contribution >= 4 is 4.68 Å². The second-order valence-corrected chi connectivity index (χ2v) is 2.13. The van der Waals surface area contributed by atoms with E-state index < -0.39 is 0 Å². The van der Waals surface area contributed by atoms with Crippen LogP contribution in [-0.4, -0.2) is 4.68 Å². The van der Waals surface area contributed by atoms with Crippen molar-refractivity contribution in [1.82, 2.24) is 0 Å². The minimum atomic E-state index is -0.129. The zero-order valence-corrected chi connectivity index (χ0v) is 5.75. The van der Waals surface area contributed by atoms with Gasteiger partial charge < -0.3 is 0 Å². The standard InChI is InChI=1S/C7H5O.Fe/c8-6-7-4-2-1-3-5-7;/h1-5H;. The van der Waals surface area contributed by atoms with Gasteiger partial charge >= 0.3 is 61.4 Å². The van der Waals surface area contributed by atoms with Gasteiger partial charge in [-0.15, -0.1) is 0 Å². The van der Waals surface area contributed by atoms with Crippen molar-refractivity contribution in [2.45, 2.75) is 0 Å². The van der Waals surface area contributed by atoms with Gasteiger partial charge in [0, 0.05) is 0 Å². The fourth-order valence-corrected chi connectivity index (χ4v) is 0.749. The first-order valence-electron chi connectivity index (χ1n) is 2.54. The van der Waals surface area contributed by atoms with Gasteiger partial charge in [-0.25, -0.2) is 0 Å². The van der Waals surface area contributed by atoms with E-state index in [0.29, 0.717) is 5.56 Å². The van der Waals surface area contributed by atoms with Crippen LogP contribution in [0, 0.1) is 0 Å². The van der Waals surface area contributed by atoms with Gasteiger partial charge in [0.25, 0.3) is 0 Å². The molecule has 0 bridgehead atoms. The van der Waals surface area contributed by atoms with Gasteiger partial charge in [0.05, 0.1) is 0 Å². The van der Waals surface area contributed by atoms with Gasteiger partial charge in [0.2, 0.25) is 0 Å². The summed E-state index contributed by atoms with van der Waals surface area (Å²) in [6.07, 6.45) is 0. The van der Waals surface area contributed by atoms with Crippen LogP contribution in [-0.2, 0) is 16.0 Å². The summed E-state index contributed by atoms with van der Waals surface area (Å²) in [6.45, 7) is 0. The van der Waals surface area contributed by atoms with Crippen LogP contribution >= 0.6 is 0 Å². The Hall–Kier alpha value is -0.591. The fraction of sp³-hybridized carbons (Fsp3) is 0. The molecule has 0 saturated heterocycles. The maximum atomic E-state index is 10.5. The molecule has 0 unspecified atom stereocenters. The van der Waals surface area contributed by atoms with Crippen LogP contribution in [0.4, 0.5) is 0 Å². The van der Waals surface area contributed by atoms with Crippen molar-refractivity contribution in [3.8, 4) is 0 Å². The third kappa shape index (κ3) is 1.67. The Morgan fingerprint density at radius 3 is 2.11 bits per heavy atom. The van der Waals surface area contributed by atoms with Crippen LogP contribution in [0.1, 0.15) is 10.4 Å². The van der Waals surface area contributed by atoms with Crippen LogP contribution in [0.25, 0.3) is 0 Å². The molecule has 0 heterocycles. The fourth-order valence-electron chi connectivity index (χ4n) is 0.565. The van der Waals surface area contributed by atoms with Gasteiger partial charge in [-0.3, -0.25) is 0 Å². The van der Waals surface area contributed by atoms with E-state index in [4.69, 9.17) is 0 Å². The van der Waals surface area contributed by atoms with Crippen molar-refractivity contribution in [2.24, 2.45) is 0 Å². The van der Waals surface area contributed by atoms with Crippen LogP contribution in [0.2, 0.25) is 0 Å². The Balaban J connectivity index is 2.98. The molecule has 1 rings (SSSR count). The zero-order valence-electron chi connectivity index (χ0n) is 4.65. The maximum absolute atomic E-state index is 10.5. The Morgan fingerprint density at radius 2 is 1.78 bits per heavy atom. The number of hydrogen-bond acceptors (Lipinski definition) is 1. The molecule has 0 aliphatic rings. The van der Waals surface area contributed by atoms with E-state index in [9.17, 15) is 4.79 Å². The first-order chi connectivity index (χ1) is 4.30. The summed E-state index contributed by atoms with van der Waals surface area (Å²) in [7, 11) is 0. The Morgan fingerprint density at radius 1 is 1.22 bits per heavy atom.